The molecule has 0 radical (unpaired) electrons. The zero-order chi connectivity index (χ0) is 62.9. The van der Waals surface area contributed by atoms with E-state index >= 15 is 8.78 Å². The fourth-order valence-corrected chi connectivity index (χ4v) is 13.0. The number of fused-ring (bicyclic) bond motifs is 7. The van der Waals surface area contributed by atoms with Gasteiger partial charge in [-0.1, -0.05) is 72.2 Å². The molecule has 7 amide bonds. The predicted octanol–water partition coefficient (Wildman–Crippen LogP) is 2.12. The lowest BCUT2D eigenvalue weighted by Crippen LogP contribution is -2.71. The summed E-state index contributed by atoms with van der Waals surface area (Å²) in [4.78, 5) is 118. The number of urea groups is 1. The van der Waals surface area contributed by atoms with E-state index < -0.39 is 168 Å². The van der Waals surface area contributed by atoms with Gasteiger partial charge in [-0.15, -0.1) is 0 Å². The van der Waals surface area contributed by atoms with Crippen molar-refractivity contribution in [2.75, 3.05) is 25.1 Å². The van der Waals surface area contributed by atoms with Crippen LogP contribution in [0.2, 0.25) is 0 Å². The maximum absolute atomic E-state index is 18.0. The molecule has 3 saturated carbocycles. The highest BCUT2D eigenvalue weighted by atomic mass is 19.1. The number of hydrogen-bond donors (Lipinski definition) is 12. The number of primary amides is 1. The van der Waals surface area contributed by atoms with E-state index in [1.54, 1.807) is 34.6 Å². The van der Waals surface area contributed by atoms with Gasteiger partial charge in [0.25, 0.3) is 0 Å². The largest absolute Gasteiger partial charge is 0.481 e. The summed E-state index contributed by atoms with van der Waals surface area (Å²) in [5.74, 6) is -8.74. The van der Waals surface area contributed by atoms with E-state index in [1.807, 2.05) is 6.92 Å². The lowest BCUT2D eigenvalue weighted by atomic mass is 9.44. The number of nitrogens with two attached hydrogens (primary N) is 2. The van der Waals surface area contributed by atoms with Gasteiger partial charge in [0.15, 0.2) is 24.2 Å². The number of nitrogens with one attached hydrogen (secondary N) is 6. The second-order valence-corrected chi connectivity index (χ2v) is 24.1. The summed E-state index contributed by atoms with van der Waals surface area (Å²) in [5.41, 5.74) is 4.46. The first-order valence-corrected chi connectivity index (χ1v) is 29.0. The van der Waals surface area contributed by atoms with E-state index in [1.165, 1.54) is 49.4 Å². The molecule has 2 unspecified atom stereocenters. The molecule has 6 rings (SSSR count). The summed E-state index contributed by atoms with van der Waals surface area (Å²) in [6.45, 7) is 9.74. The first-order valence-electron chi connectivity index (χ1n) is 29.0. The highest BCUT2D eigenvalue weighted by Crippen LogP contribution is 2.72. The monoisotopic (exact) mass is 1200 g/mol. The average molecular weight is 1200 g/mol. The van der Waals surface area contributed by atoms with Crippen LogP contribution in [0.5, 0.6) is 0 Å². The molecular formula is C58H84F2N8O17. The first kappa shape index (κ1) is 67.5. The third kappa shape index (κ3) is 14.8. The predicted molar refractivity (Wildman–Crippen MR) is 299 cm³/mol. The van der Waals surface area contributed by atoms with E-state index in [-0.39, 0.29) is 81.7 Å². The summed E-state index contributed by atoms with van der Waals surface area (Å²) in [6, 6.07) is -1.53. The number of carbonyl (C=O) groups is 9. The average Bonchev–Trinajstić information content (AvgIpc) is 1.61. The smallest absolute Gasteiger partial charge is 0.408 e. The van der Waals surface area contributed by atoms with Crippen molar-refractivity contribution in [3.63, 3.8) is 0 Å². The SMILES string of the molecule is CCCC1O[C@@H]2C[C@H]3[C@@H]4C[C@H](F)C5=CC(O)C=C[C@]5(C)[C@@]4(F)[C@@H](O)C[C@]3(C)[C@]2(C(=O)COC(=O)[C@H](CC(C)C)NC(=O)[C@H](CO)NC(=O)OCc2ccc(NC(=O)[C@H](CCCNC(N)=O)NC(=O)[C@@H](NC(=O)[C@H](N)CCC(=O)O)C(C)C)cc2)O1. The number of aliphatic hydroxyl groups excluding tert-OH is 3. The van der Waals surface area contributed by atoms with Gasteiger partial charge in [0.05, 0.1) is 31.0 Å². The lowest BCUT2D eigenvalue weighted by molar-refractivity contribution is -0.235. The van der Waals surface area contributed by atoms with E-state index in [9.17, 15) is 58.5 Å². The van der Waals surface area contributed by atoms with Crippen LogP contribution in [0.1, 0.15) is 118 Å². The van der Waals surface area contributed by atoms with Gasteiger partial charge >= 0.3 is 24.1 Å². The van der Waals surface area contributed by atoms with Crippen LogP contribution in [0, 0.1) is 34.5 Å². The van der Waals surface area contributed by atoms with Gasteiger partial charge in [-0.25, -0.2) is 23.2 Å². The van der Waals surface area contributed by atoms with Crippen LogP contribution >= 0.6 is 0 Å². The second-order valence-electron chi connectivity index (χ2n) is 24.1. The molecule has 472 valence electrons. The Morgan fingerprint density at radius 2 is 1.54 bits per heavy atom. The van der Waals surface area contributed by atoms with Gasteiger partial charge in [0.1, 0.15) is 36.9 Å². The highest BCUT2D eigenvalue weighted by molar-refractivity contribution is 5.99. The molecule has 4 aliphatic carbocycles. The molecule has 14 N–H and O–H groups in total. The van der Waals surface area contributed by atoms with E-state index in [0.717, 1.165) is 0 Å². The van der Waals surface area contributed by atoms with Gasteiger partial charge in [0, 0.05) is 35.4 Å². The molecule has 85 heavy (non-hydrogen) atoms. The van der Waals surface area contributed by atoms with E-state index in [0.29, 0.717) is 18.4 Å². The summed E-state index contributed by atoms with van der Waals surface area (Å²) in [5, 5.41) is 56.5. The number of alkyl halides is 2. The standard InChI is InChI=1S/C58H84F2N8O17/c1-8-10-46-84-44-24-34-35-23-37(59)36-22-33(70)18-19-55(36,6)57(35,60)42(71)25-56(34,7)58(44,85-46)43(72)28-82-52(79)40(21-29(2)3)66-50(77)41(26-69)67-54(81)83-27-31-12-14-32(15-13-31)64-49(76)39(11-9-20-63-53(62)80)65-51(78)47(30(4)5)68-48(75)38(61)16-17-45(73)74/h12-15,18-19,22,29-30,33-35,37-42,44,46-47,69-71H,8-11,16-17,20-21,23-28,61H2,1-7H3,(H,64,76)(H,65,78)(H,66,77)(H,67,81)(H,68,75)(H,73,74)(H3,62,63,80)/t33?,34-,35-,37-,38+,39-,40-,41-,42-,44+,46?,47-,55-,56-,57-,58+/m0/s1. The summed E-state index contributed by atoms with van der Waals surface area (Å²) in [6.07, 6.45) is -3.43. The zero-order valence-corrected chi connectivity index (χ0v) is 49.0. The fourth-order valence-electron chi connectivity index (χ4n) is 13.0. The Hall–Kier alpha value is -6.65. The molecular weight excluding hydrogens is 1120 g/mol. The number of carboxylic acid groups (broad SMARTS) is 1. The Labute approximate surface area is 491 Å². The Balaban J connectivity index is 1.05. The van der Waals surface area contributed by atoms with Gasteiger partial charge in [-0.2, -0.15) is 0 Å². The number of allylic oxidation sites excluding steroid dienone is 2. The summed E-state index contributed by atoms with van der Waals surface area (Å²) < 4.78 is 58.1. The Kier molecular flexibility index (Phi) is 22.4. The van der Waals surface area contributed by atoms with Crippen LogP contribution in [0.25, 0.3) is 0 Å². The number of amides is 7. The number of ketones is 1. The topological polar surface area (TPSA) is 396 Å². The number of esters is 1. The Morgan fingerprint density at radius 3 is 2.16 bits per heavy atom. The molecule has 5 aliphatic rings. The number of Topliss-reactive ketones (excluding diaryl/α,β-unsaturated/α-hetero) is 1. The molecule has 0 bridgehead atoms. The van der Waals surface area contributed by atoms with Crippen molar-refractivity contribution < 1.29 is 91.3 Å². The maximum atomic E-state index is 18.0. The van der Waals surface area contributed by atoms with Crippen LogP contribution in [0.3, 0.4) is 0 Å². The molecule has 0 aromatic heterocycles. The molecule has 0 spiro atoms. The lowest BCUT2D eigenvalue weighted by Gasteiger charge is -2.63. The number of benzene rings is 1. The van der Waals surface area contributed by atoms with Crippen molar-refractivity contribution in [1.82, 2.24) is 26.6 Å². The number of alkyl carbamates (subject to hydrolysis) is 1. The number of aliphatic carboxylic acids is 1. The van der Waals surface area contributed by atoms with Crippen LogP contribution in [0.4, 0.5) is 24.1 Å². The van der Waals surface area contributed by atoms with Gasteiger partial charge < -0.3 is 82.7 Å². The van der Waals surface area contributed by atoms with Crippen molar-refractivity contribution in [1.29, 1.82) is 0 Å². The minimum absolute atomic E-state index is 0.00837. The zero-order valence-electron chi connectivity index (χ0n) is 49.0. The van der Waals surface area contributed by atoms with Crippen LogP contribution in [-0.4, -0.2) is 166 Å². The molecule has 1 heterocycles. The van der Waals surface area contributed by atoms with Crippen LogP contribution in [-0.2, 0) is 59.1 Å². The number of rotatable bonds is 28. The molecule has 16 atom stereocenters. The number of ether oxygens (including phenoxy) is 4. The molecule has 4 fully saturated rings. The number of carboxylic acids is 1. The van der Waals surface area contributed by atoms with E-state index in [4.69, 9.17) is 35.5 Å². The molecule has 1 aromatic carbocycles. The maximum Gasteiger partial charge on any atom is 0.408 e. The first-order chi connectivity index (χ1) is 39.9. The number of halogens is 2. The van der Waals surface area contributed by atoms with Crippen molar-refractivity contribution in [2.24, 2.45) is 46.0 Å². The normalized spacial score (nSPS) is 29.9. The third-order valence-electron chi connectivity index (χ3n) is 17.3. The molecule has 1 aliphatic heterocycles. The third-order valence-corrected chi connectivity index (χ3v) is 17.3. The van der Waals surface area contributed by atoms with Crippen molar-refractivity contribution >= 4 is 59.2 Å². The second kappa shape index (κ2) is 28.2. The molecule has 1 aromatic rings. The van der Waals surface area contributed by atoms with Crippen molar-refractivity contribution in [3.05, 3.63) is 53.6 Å². The van der Waals surface area contributed by atoms with Gasteiger partial charge in [0.2, 0.25) is 29.4 Å². The fraction of sp³-hybridized carbons (Fsp3) is 0.672. The van der Waals surface area contributed by atoms with Gasteiger partial charge in [-0.3, -0.25) is 28.8 Å². The summed E-state index contributed by atoms with van der Waals surface area (Å²) in [7, 11) is 0. The number of anilines is 1. The van der Waals surface area contributed by atoms with Crippen molar-refractivity contribution in [2.45, 2.75) is 192 Å². The van der Waals surface area contributed by atoms with Crippen LogP contribution in [0.15, 0.2) is 48.1 Å². The minimum atomic E-state index is -2.40. The van der Waals surface area contributed by atoms with Crippen molar-refractivity contribution in [3.8, 4) is 0 Å². The highest BCUT2D eigenvalue weighted by Gasteiger charge is 2.80. The quantitative estimate of drug-likeness (QED) is 0.0325. The molecule has 1 saturated heterocycles. The number of hydrogen-bond acceptors (Lipinski definition) is 17. The molecule has 27 heteroatoms. The van der Waals surface area contributed by atoms with Gasteiger partial charge in [-0.05, 0) is 105 Å². The van der Waals surface area contributed by atoms with E-state index in [2.05, 4.69) is 31.9 Å². The molecule has 25 nitrogen and oxygen atoms in total. The summed E-state index contributed by atoms with van der Waals surface area (Å²) >= 11 is 0. The number of carbonyl (C=O) groups excluding carboxylic acids is 8. The minimum Gasteiger partial charge on any atom is -0.481 e. The number of aliphatic hydroxyl groups is 3. The van der Waals surface area contributed by atoms with Crippen LogP contribution < -0.4 is 43.4 Å². The Morgan fingerprint density at radius 1 is 0.859 bits per heavy atom. The Bertz CT molecular complexity index is 2700.